The Balaban J connectivity index is 1.30. The van der Waals surface area contributed by atoms with Crippen LogP contribution in [0.5, 0.6) is 0 Å². The second-order valence-corrected chi connectivity index (χ2v) is 8.85. The van der Waals surface area contributed by atoms with Crippen LogP contribution in [0.15, 0.2) is 30.7 Å². The minimum absolute atomic E-state index is 0.402. The maximum absolute atomic E-state index is 4.87. The van der Waals surface area contributed by atoms with E-state index in [4.69, 9.17) is 10.1 Å². The van der Waals surface area contributed by atoms with Crippen LogP contribution in [0.3, 0.4) is 0 Å². The summed E-state index contributed by atoms with van der Waals surface area (Å²) in [6, 6.07) is 4.72. The summed E-state index contributed by atoms with van der Waals surface area (Å²) in [6.45, 7) is 9.74. The number of likely N-dealkylation sites (tertiary alicyclic amines) is 1. The SMILES string of the molecule is CC(C)n1cc(CN2CCC[C@@H](c3nc4ccc(N5CCCC5)cn4n3)C2)cn1. The topological polar surface area (TPSA) is 54.5 Å². The molecule has 5 heterocycles. The predicted molar refractivity (Wildman–Crippen MR) is 114 cm³/mol. The van der Waals surface area contributed by atoms with E-state index in [2.05, 4.69) is 53.3 Å². The van der Waals surface area contributed by atoms with E-state index in [9.17, 15) is 0 Å². The highest BCUT2D eigenvalue weighted by atomic mass is 15.3. The van der Waals surface area contributed by atoms with Gasteiger partial charge in [0.15, 0.2) is 11.5 Å². The molecule has 0 bridgehead atoms. The van der Waals surface area contributed by atoms with Crippen LogP contribution in [-0.2, 0) is 6.54 Å². The van der Waals surface area contributed by atoms with Gasteiger partial charge < -0.3 is 4.90 Å². The fraction of sp³-hybridized carbons (Fsp3) is 0.591. The molecule has 154 valence electrons. The fourth-order valence-corrected chi connectivity index (χ4v) is 4.63. The number of anilines is 1. The van der Waals surface area contributed by atoms with Crippen molar-refractivity contribution in [1.82, 2.24) is 29.3 Å². The summed E-state index contributed by atoms with van der Waals surface area (Å²) in [5.74, 6) is 1.39. The first-order valence-electron chi connectivity index (χ1n) is 11.0. The normalized spacial score (nSPS) is 20.9. The van der Waals surface area contributed by atoms with E-state index in [1.807, 2.05) is 15.4 Å². The van der Waals surface area contributed by atoms with Crippen LogP contribution in [0, 0.1) is 0 Å². The zero-order chi connectivity index (χ0) is 19.8. The summed E-state index contributed by atoms with van der Waals surface area (Å²) < 4.78 is 4.02. The standard InChI is InChI=1S/C22H31N7/c1-17(2)28-14-18(12-23-28)13-26-9-5-6-19(15-26)22-24-21-8-7-20(16-29(21)25-22)27-10-3-4-11-27/h7-8,12,14,16-17,19H,3-6,9-11,13,15H2,1-2H3/t19-/m1/s1. The summed E-state index contributed by atoms with van der Waals surface area (Å²) in [7, 11) is 0. The zero-order valence-corrected chi connectivity index (χ0v) is 17.5. The quantitative estimate of drug-likeness (QED) is 0.664. The molecule has 0 aliphatic carbocycles. The van der Waals surface area contributed by atoms with Crippen molar-refractivity contribution in [2.24, 2.45) is 0 Å². The van der Waals surface area contributed by atoms with Gasteiger partial charge in [-0.05, 0) is 58.2 Å². The van der Waals surface area contributed by atoms with Crippen LogP contribution < -0.4 is 4.90 Å². The van der Waals surface area contributed by atoms with Crippen molar-refractivity contribution in [3.8, 4) is 0 Å². The molecule has 7 heteroatoms. The molecule has 0 saturated carbocycles. The Bertz CT molecular complexity index is 967. The lowest BCUT2D eigenvalue weighted by atomic mass is 9.97. The molecule has 0 aromatic carbocycles. The van der Waals surface area contributed by atoms with E-state index in [1.54, 1.807) is 0 Å². The van der Waals surface area contributed by atoms with Gasteiger partial charge in [0.05, 0.1) is 18.1 Å². The van der Waals surface area contributed by atoms with Gasteiger partial charge in [0.1, 0.15) is 0 Å². The van der Waals surface area contributed by atoms with Gasteiger partial charge in [-0.1, -0.05) is 0 Å². The fourth-order valence-electron chi connectivity index (χ4n) is 4.63. The number of hydrogen-bond acceptors (Lipinski definition) is 5. The summed E-state index contributed by atoms with van der Waals surface area (Å²) in [6.07, 6.45) is 11.3. The molecule has 3 aromatic rings. The number of hydrogen-bond donors (Lipinski definition) is 0. The number of rotatable bonds is 5. The van der Waals surface area contributed by atoms with Gasteiger partial charge in [0.2, 0.25) is 0 Å². The molecule has 2 aliphatic rings. The van der Waals surface area contributed by atoms with Crippen molar-refractivity contribution < 1.29 is 0 Å². The van der Waals surface area contributed by atoms with Gasteiger partial charge >= 0.3 is 0 Å². The molecule has 2 fully saturated rings. The van der Waals surface area contributed by atoms with E-state index in [0.717, 1.165) is 50.6 Å². The van der Waals surface area contributed by atoms with Crippen LogP contribution in [0.1, 0.15) is 62.9 Å². The molecule has 29 heavy (non-hydrogen) atoms. The Hall–Kier alpha value is -2.41. The first kappa shape index (κ1) is 18.6. The van der Waals surface area contributed by atoms with Crippen molar-refractivity contribution in [3.05, 3.63) is 42.1 Å². The first-order chi connectivity index (χ1) is 14.2. The van der Waals surface area contributed by atoms with Gasteiger partial charge in [-0.15, -0.1) is 0 Å². The summed E-state index contributed by atoms with van der Waals surface area (Å²) in [5.41, 5.74) is 3.51. The van der Waals surface area contributed by atoms with Crippen molar-refractivity contribution in [1.29, 1.82) is 0 Å². The van der Waals surface area contributed by atoms with Gasteiger partial charge in [0, 0.05) is 49.9 Å². The maximum Gasteiger partial charge on any atom is 0.156 e. The Kier molecular flexibility index (Phi) is 4.99. The third kappa shape index (κ3) is 3.88. The number of piperidine rings is 1. The van der Waals surface area contributed by atoms with Crippen LogP contribution in [0.4, 0.5) is 5.69 Å². The van der Waals surface area contributed by atoms with E-state index in [1.165, 1.54) is 30.5 Å². The minimum Gasteiger partial charge on any atom is -0.370 e. The molecule has 0 spiro atoms. The molecular weight excluding hydrogens is 362 g/mol. The Morgan fingerprint density at radius 1 is 1.07 bits per heavy atom. The smallest absolute Gasteiger partial charge is 0.156 e. The molecular formula is C22H31N7. The van der Waals surface area contributed by atoms with E-state index in [0.29, 0.717) is 12.0 Å². The molecule has 0 amide bonds. The average Bonchev–Trinajstić information content (AvgIpc) is 3.47. The average molecular weight is 394 g/mol. The van der Waals surface area contributed by atoms with Crippen LogP contribution in [0.2, 0.25) is 0 Å². The van der Waals surface area contributed by atoms with E-state index < -0.39 is 0 Å². The molecule has 1 atom stereocenters. The summed E-state index contributed by atoms with van der Waals surface area (Å²) >= 11 is 0. The lowest BCUT2D eigenvalue weighted by Crippen LogP contribution is -2.34. The van der Waals surface area contributed by atoms with Gasteiger partial charge in [-0.25, -0.2) is 9.50 Å². The highest BCUT2D eigenvalue weighted by molar-refractivity contribution is 5.51. The van der Waals surface area contributed by atoms with Crippen molar-refractivity contribution in [3.63, 3.8) is 0 Å². The predicted octanol–water partition coefficient (Wildman–Crippen LogP) is 3.49. The Morgan fingerprint density at radius 3 is 2.72 bits per heavy atom. The van der Waals surface area contributed by atoms with Crippen molar-refractivity contribution in [2.75, 3.05) is 31.1 Å². The van der Waals surface area contributed by atoms with E-state index in [-0.39, 0.29) is 0 Å². The Morgan fingerprint density at radius 2 is 1.93 bits per heavy atom. The third-order valence-electron chi connectivity index (χ3n) is 6.26. The van der Waals surface area contributed by atoms with Crippen molar-refractivity contribution >= 4 is 11.3 Å². The zero-order valence-electron chi connectivity index (χ0n) is 17.5. The van der Waals surface area contributed by atoms with Gasteiger partial charge in [-0.2, -0.15) is 10.2 Å². The van der Waals surface area contributed by atoms with Crippen LogP contribution >= 0.6 is 0 Å². The highest BCUT2D eigenvalue weighted by Gasteiger charge is 2.25. The second kappa shape index (κ2) is 7.78. The molecule has 0 unspecified atom stereocenters. The summed E-state index contributed by atoms with van der Waals surface area (Å²) in [5, 5.41) is 9.36. The summed E-state index contributed by atoms with van der Waals surface area (Å²) in [4.78, 5) is 9.83. The molecule has 0 radical (unpaired) electrons. The lowest BCUT2D eigenvalue weighted by molar-refractivity contribution is 0.196. The number of pyridine rings is 1. The molecule has 2 aliphatic heterocycles. The van der Waals surface area contributed by atoms with Gasteiger partial charge in [0.25, 0.3) is 0 Å². The largest absolute Gasteiger partial charge is 0.370 e. The molecule has 2 saturated heterocycles. The molecule has 5 rings (SSSR count). The second-order valence-electron chi connectivity index (χ2n) is 8.85. The minimum atomic E-state index is 0.402. The highest BCUT2D eigenvalue weighted by Crippen LogP contribution is 2.27. The monoisotopic (exact) mass is 393 g/mol. The van der Waals surface area contributed by atoms with E-state index >= 15 is 0 Å². The third-order valence-corrected chi connectivity index (χ3v) is 6.26. The molecule has 0 N–H and O–H groups in total. The van der Waals surface area contributed by atoms with Gasteiger partial charge in [-0.3, -0.25) is 9.58 Å². The maximum atomic E-state index is 4.87. The Labute approximate surface area is 172 Å². The molecule has 7 nitrogen and oxygen atoms in total. The van der Waals surface area contributed by atoms with Crippen LogP contribution in [-0.4, -0.2) is 55.5 Å². The van der Waals surface area contributed by atoms with Crippen molar-refractivity contribution in [2.45, 2.75) is 58.0 Å². The first-order valence-corrected chi connectivity index (χ1v) is 11.0. The number of nitrogens with zero attached hydrogens (tertiary/aromatic N) is 7. The van der Waals surface area contributed by atoms with Crippen LogP contribution in [0.25, 0.3) is 5.65 Å². The lowest BCUT2D eigenvalue weighted by Gasteiger charge is -2.30. The number of aromatic nitrogens is 5. The number of fused-ring (bicyclic) bond motifs is 1. The molecule has 3 aromatic heterocycles.